The van der Waals surface area contributed by atoms with E-state index in [4.69, 9.17) is 16.6 Å². The van der Waals surface area contributed by atoms with Gasteiger partial charge >= 0.3 is 6.09 Å². The van der Waals surface area contributed by atoms with Gasteiger partial charge in [0.25, 0.3) is 5.54 Å². The summed E-state index contributed by atoms with van der Waals surface area (Å²) < 4.78 is 5.23. The molecule has 1 aliphatic carbocycles. The van der Waals surface area contributed by atoms with Crippen LogP contribution in [0.25, 0.3) is 4.85 Å². The van der Waals surface area contributed by atoms with E-state index in [1.165, 1.54) is 4.90 Å². The second-order valence-corrected chi connectivity index (χ2v) is 5.95. The van der Waals surface area contributed by atoms with Crippen molar-refractivity contribution in [3.8, 4) is 6.07 Å². The highest BCUT2D eigenvalue weighted by atomic mass is 16.6. The monoisotopic (exact) mass is 324 g/mol. The molecule has 1 heterocycles. The largest absolute Gasteiger partial charge is 0.442 e. The first-order valence-electron chi connectivity index (χ1n) is 7.69. The van der Waals surface area contributed by atoms with Gasteiger partial charge in [-0.05, 0) is 24.3 Å². The summed E-state index contributed by atoms with van der Waals surface area (Å²) >= 11 is 0. The van der Waals surface area contributed by atoms with Crippen molar-refractivity contribution in [2.45, 2.75) is 30.9 Å². The Hall–Kier alpha value is -3.06. The van der Waals surface area contributed by atoms with Crippen LogP contribution in [0.4, 0.5) is 10.5 Å². The maximum atomic E-state index is 12.0. The molecule has 1 saturated heterocycles. The van der Waals surface area contributed by atoms with Crippen molar-refractivity contribution in [1.82, 2.24) is 5.32 Å². The van der Waals surface area contributed by atoms with Gasteiger partial charge in [-0.25, -0.2) is 11.4 Å². The number of carbonyl (C=O) groups excluding carboxylic acids is 2. The molecule has 7 heteroatoms. The van der Waals surface area contributed by atoms with Gasteiger partial charge in [0.2, 0.25) is 5.91 Å². The molecule has 1 N–H and O–H groups in total. The van der Waals surface area contributed by atoms with E-state index < -0.39 is 12.2 Å². The van der Waals surface area contributed by atoms with Gasteiger partial charge < -0.3 is 14.9 Å². The van der Waals surface area contributed by atoms with Crippen molar-refractivity contribution in [2.24, 2.45) is 0 Å². The number of benzene rings is 1. The summed E-state index contributed by atoms with van der Waals surface area (Å²) in [6.07, 6.45) is 0.638. The Morgan fingerprint density at radius 3 is 2.75 bits per heavy atom. The Balaban J connectivity index is 1.61. The van der Waals surface area contributed by atoms with Crippen molar-refractivity contribution in [2.75, 3.05) is 18.0 Å². The number of carbonyl (C=O) groups is 2. The Morgan fingerprint density at radius 2 is 2.17 bits per heavy atom. The zero-order valence-electron chi connectivity index (χ0n) is 13.0. The van der Waals surface area contributed by atoms with Crippen LogP contribution in [0.1, 0.15) is 24.8 Å². The van der Waals surface area contributed by atoms with Gasteiger partial charge in [-0.3, -0.25) is 9.69 Å². The SMILES string of the molecule is [C-]#[N+]C1(c2ccc(N3CC(CNC(=O)CC#N)OC3=O)cc2)CC1. The number of cyclic esters (lactones) is 1. The van der Waals surface area contributed by atoms with E-state index in [9.17, 15) is 9.59 Å². The van der Waals surface area contributed by atoms with Gasteiger partial charge in [0.15, 0.2) is 0 Å². The minimum absolute atomic E-state index is 0.182. The first-order chi connectivity index (χ1) is 11.6. The first-order valence-corrected chi connectivity index (χ1v) is 7.69. The van der Waals surface area contributed by atoms with Crippen LogP contribution in [0.2, 0.25) is 0 Å². The van der Waals surface area contributed by atoms with Gasteiger partial charge in [-0.15, -0.1) is 0 Å². The highest BCUT2D eigenvalue weighted by molar-refractivity contribution is 5.89. The molecule has 3 rings (SSSR count). The van der Waals surface area contributed by atoms with Crippen LogP contribution < -0.4 is 10.2 Å². The lowest BCUT2D eigenvalue weighted by atomic mass is 10.1. The number of ether oxygens (including phenoxy) is 1. The van der Waals surface area contributed by atoms with Gasteiger partial charge in [0.05, 0.1) is 19.2 Å². The Kier molecular flexibility index (Phi) is 4.09. The molecule has 1 aromatic carbocycles. The number of anilines is 1. The van der Waals surface area contributed by atoms with E-state index in [-0.39, 0.29) is 24.4 Å². The summed E-state index contributed by atoms with van der Waals surface area (Å²) in [6.45, 7) is 7.80. The third-order valence-electron chi connectivity index (χ3n) is 4.29. The quantitative estimate of drug-likeness (QED) is 0.839. The van der Waals surface area contributed by atoms with Gasteiger partial charge in [0, 0.05) is 24.1 Å². The molecule has 7 nitrogen and oxygen atoms in total. The molecule has 0 aromatic heterocycles. The fourth-order valence-electron chi connectivity index (χ4n) is 2.74. The summed E-state index contributed by atoms with van der Waals surface area (Å²) in [5.74, 6) is -0.384. The van der Waals surface area contributed by atoms with Crippen molar-refractivity contribution < 1.29 is 14.3 Å². The smallest absolute Gasteiger partial charge is 0.414 e. The molecule has 2 aliphatic rings. The Labute approximate surface area is 139 Å². The van der Waals surface area contributed by atoms with Crippen molar-refractivity contribution >= 4 is 17.7 Å². The zero-order valence-corrected chi connectivity index (χ0v) is 13.0. The maximum absolute atomic E-state index is 12.0. The van der Waals surface area contributed by atoms with Gasteiger partial charge in [-0.2, -0.15) is 5.26 Å². The van der Waals surface area contributed by atoms with Crippen LogP contribution in [-0.2, 0) is 15.1 Å². The van der Waals surface area contributed by atoms with Gasteiger partial charge in [0.1, 0.15) is 12.5 Å². The average Bonchev–Trinajstić information content (AvgIpc) is 3.30. The number of hydrogen-bond donors (Lipinski definition) is 1. The summed E-state index contributed by atoms with van der Waals surface area (Å²) in [4.78, 5) is 28.5. The molecule has 1 aliphatic heterocycles. The minimum atomic E-state index is -0.464. The second kappa shape index (κ2) is 6.21. The molecule has 122 valence electrons. The van der Waals surface area contributed by atoms with E-state index in [0.717, 1.165) is 18.4 Å². The number of amides is 2. The molecule has 24 heavy (non-hydrogen) atoms. The molecule has 1 unspecified atom stereocenters. The fourth-order valence-corrected chi connectivity index (χ4v) is 2.74. The lowest BCUT2D eigenvalue weighted by Crippen LogP contribution is -2.34. The van der Waals surface area contributed by atoms with Crippen LogP contribution in [0.15, 0.2) is 24.3 Å². The third-order valence-corrected chi connectivity index (χ3v) is 4.29. The summed E-state index contributed by atoms with van der Waals surface area (Å²) in [6, 6.07) is 9.17. The maximum Gasteiger partial charge on any atom is 0.414 e. The molecule has 1 atom stereocenters. The van der Waals surface area contributed by atoms with Crippen molar-refractivity contribution in [3.05, 3.63) is 41.2 Å². The number of hydrogen-bond acceptors (Lipinski definition) is 4. The van der Waals surface area contributed by atoms with Crippen molar-refractivity contribution in [3.63, 3.8) is 0 Å². The lowest BCUT2D eigenvalue weighted by molar-refractivity contribution is -0.120. The molecule has 2 amide bonds. The van der Waals surface area contributed by atoms with E-state index in [0.29, 0.717) is 12.2 Å². The highest BCUT2D eigenvalue weighted by Gasteiger charge is 2.52. The van der Waals surface area contributed by atoms with E-state index >= 15 is 0 Å². The third kappa shape index (κ3) is 3.02. The number of nitrogens with zero attached hydrogens (tertiary/aromatic N) is 3. The van der Waals surface area contributed by atoms with Crippen LogP contribution in [0, 0.1) is 17.9 Å². The molecule has 1 aromatic rings. The standard InChI is InChI=1S/C17H16N4O3/c1-19-17(7-8-17)12-2-4-13(5-3-12)21-11-14(24-16(21)23)10-20-15(22)6-9-18/h2-5,14H,6-8,10-11H2,(H,20,22). The number of nitriles is 1. The predicted molar refractivity (Wildman–Crippen MR) is 84.8 cm³/mol. The number of rotatable bonds is 5. The molecular formula is C17H16N4O3. The van der Waals surface area contributed by atoms with Crippen molar-refractivity contribution in [1.29, 1.82) is 5.26 Å². The van der Waals surface area contributed by atoms with Crippen LogP contribution in [0.3, 0.4) is 0 Å². The lowest BCUT2D eigenvalue weighted by Gasteiger charge is -2.14. The molecular weight excluding hydrogens is 308 g/mol. The highest BCUT2D eigenvalue weighted by Crippen LogP contribution is 2.49. The van der Waals surface area contributed by atoms with Crippen LogP contribution in [0.5, 0.6) is 0 Å². The molecule has 0 bridgehead atoms. The van der Waals surface area contributed by atoms with Gasteiger partial charge in [-0.1, -0.05) is 0 Å². The minimum Gasteiger partial charge on any atom is -0.442 e. The van der Waals surface area contributed by atoms with E-state index in [1.54, 1.807) is 6.07 Å². The molecule has 2 fully saturated rings. The van der Waals surface area contributed by atoms with E-state index in [1.807, 2.05) is 24.3 Å². The topological polar surface area (TPSA) is 86.8 Å². The molecule has 0 spiro atoms. The normalized spacial score (nSPS) is 20.7. The van der Waals surface area contributed by atoms with Crippen LogP contribution >= 0.6 is 0 Å². The fraction of sp³-hybridized carbons (Fsp3) is 0.412. The van der Waals surface area contributed by atoms with Crippen LogP contribution in [-0.4, -0.2) is 31.2 Å². The zero-order chi connectivity index (χ0) is 17.2. The predicted octanol–water partition coefficient (Wildman–Crippen LogP) is 1.95. The average molecular weight is 324 g/mol. The van der Waals surface area contributed by atoms with E-state index in [2.05, 4.69) is 10.2 Å². The summed E-state index contributed by atoms with van der Waals surface area (Å²) in [7, 11) is 0. The second-order valence-electron chi connectivity index (χ2n) is 5.95. The summed E-state index contributed by atoms with van der Waals surface area (Å²) in [5, 5.41) is 11.0. The molecule has 1 saturated carbocycles. The Morgan fingerprint density at radius 1 is 1.46 bits per heavy atom. The Bertz CT molecular complexity index is 741. The molecule has 0 radical (unpaired) electrons. The summed E-state index contributed by atoms with van der Waals surface area (Å²) in [5.41, 5.74) is 1.32. The number of nitrogens with one attached hydrogen (secondary N) is 1. The first kappa shape index (κ1) is 15.8.